The topological polar surface area (TPSA) is 78.9 Å². The number of aliphatic hydroxyl groups is 1. The van der Waals surface area contributed by atoms with Gasteiger partial charge < -0.3 is 15.2 Å². The van der Waals surface area contributed by atoms with Crippen molar-refractivity contribution in [2.24, 2.45) is 0 Å². The zero-order chi connectivity index (χ0) is 34.1. The average molecular weight is 655 g/mol. The smallest absolute Gasteiger partial charge is 0.430 e. The van der Waals surface area contributed by atoms with Gasteiger partial charge in [0.2, 0.25) is 0 Å². The van der Waals surface area contributed by atoms with Crippen LogP contribution in [0, 0.1) is 0 Å². The van der Waals surface area contributed by atoms with Gasteiger partial charge in [0.25, 0.3) is 11.5 Å². The molecule has 1 aliphatic heterocycles. The Morgan fingerprint density at radius 2 is 1.59 bits per heavy atom. The van der Waals surface area contributed by atoms with Gasteiger partial charge in [-0.05, 0) is 91.3 Å². The molecule has 1 saturated carbocycles. The van der Waals surface area contributed by atoms with Crippen molar-refractivity contribution in [2.45, 2.75) is 102 Å². The summed E-state index contributed by atoms with van der Waals surface area (Å²) in [6.45, 7) is 9.12. The summed E-state index contributed by atoms with van der Waals surface area (Å²) in [6, 6.07) is 6.60. The first-order chi connectivity index (χ1) is 21.5. The highest BCUT2D eigenvalue weighted by atomic mass is 19.4. The van der Waals surface area contributed by atoms with Crippen LogP contribution in [-0.2, 0) is 28.8 Å². The summed E-state index contributed by atoms with van der Waals surface area (Å²) in [4.78, 5) is 27.5. The number of hydrogen-bond donors (Lipinski definition) is 2. The number of alkyl halides is 6. The van der Waals surface area contributed by atoms with Gasteiger partial charge in [0.05, 0.1) is 6.61 Å². The molecular formula is C34H40F6N2O4. The number of imide groups is 1. The van der Waals surface area contributed by atoms with Crippen LogP contribution < -0.4 is 10.1 Å². The number of carbonyl (C=O) groups excluding carboxylic acids is 2. The molecule has 4 rings (SSSR count). The van der Waals surface area contributed by atoms with Crippen LogP contribution in [0.4, 0.5) is 31.1 Å². The Morgan fingerprint density at radius 3 is 2.09 bits per heavy atom. The summed E-state index contributed by atoms with van der Waals surface area (Å²) in [5.41, 5.74) is -4.52. The van der Waals surface area contributed by atoms with Crippen molar-refractivity contribution in [2.75, 3.05) is 13.2 Å². The van der Waals surface area contributed by atoms with E-state index in [9.17, 15) is 41.0 Å². The maximum absolute atomic E-state index is 13.7. The Labute approximate surface area is 264 Å². The molecule has 2 aliphatic rings. The highest BCUT2D eigenvalue weighted by Gasteiger charge is 2.71. The summed E-state index contributed by atoms with van der Waals surface area (Å²) < 4.78 is 87.9. The van der Waals surface area contributed by atoms with E-state index in [1.165, 1.54) is 0 Å². The molecule has 1 aliphatic carbocycles. The van der Waals surface area contributed by atoms with Crippen LogP contribution in [0.15, 0.2) is 36.9 Å². The van der Waals surface area contributed by atoms with Crippen LogP contribution in [-0.4, -0.2) is 47.4 Å². The minimum absolute atomic E-state index is 0.0459. The van der Waals surface area contributed by atoms with Crippen LogP contribution in [0.3, 0.4) is 0 Å². The SMILES string of the molecule is C=Cc1ccc(C2(C)NC(=O)N(CCCCOc3c(CCC)cc(C(O)(C(F)(F)F)C(F)(F)F)cc3CCC)C2=O)cc1C1CC1. The second-order valence-electron chi connectivity index (χ2n) is 12.2. The molecule has 2 fully saturated rings. The lowest BCUT2D eigenvalue weighted by Gasteiger charge is -2.33. The Bertz CT molecular complexity index is 1430. The predicted molar refractivity (Wildman–Crippen MR) is 161 cm³/mol. The molecule has 2 N–H and O–H groups in total. The summed E-state index contributed by atoms with van der Waals surface area (Å²) in [5, 5.41) is 12.9. The third-order valence-electron chi connectivity index (χ3n) is 8.72. The van der Waals surface area contributed by atoms with E-state index in [0.29, 0.717) is 37.2 Å². The Kier molecular flexibility index (Phi) is 10.2. The molecule has 1 atom stereocenters. The van der Waals surface area contributed by atoms with Gasteiger partial charge in [0.15, 0.2) is 0 Å². The maximum Gasteiger partial charge on any atom is 0.430 e. The molecule has 46 heavy (non-hydrogen) atoms. The normalized spacial score (nSPS) is 19.0. The monoisotopic (exact) mass is 654 g/mol. The van der Waals surface area contributed by atoms with Gasteiger partial charge in [-0.3, -0.25) is 9.69 Å². The first-order valence-corrected chi connectivity index (χ1v) is 15.6. The van der Waals surface area contributed by atoms with Gasteiger partial charge >= 0.3 is 18.4 Å². The average Bonchev–Trinajstić information content (AvgIpc) is 3.80. The third kappa shape index (κ3) is 6.63. The molecule has 1 heterocycles. The largest absolute Gasteiger partial charge is 0.493 e. The van der Waals surface area contributed by atoms with Crippen LogP contribution >= 0.6 is 0 Å². The Hall–Kier alpha value is -3.54. The van der Waals surface area contributed by atoms with Crippen LogP contribution in [0.2, 0.25) is 0 Å². The van der Waals surface area contributed by atoms with E-state index in [1.807, 2.05) is 18.2 Å². The van der Waals surface area contributed by atoms with E-state index in [4.69, 9.17) is 4.74 Å². The molecule has 6 nitrogen and oxygen atoms in total. The van der Waals surface area contributed by atoms with E-state index in [0.717, 1.165) is 41.0 Å². The van der Waals surface area contributed by atoms with Crippen LogP contribution in [0.5, 0.6) is 5.75 Å². The fourth-order valence-corrected chi connectivity index (χ4v) is 6.01. The van der Waals surface area contributed by atoms with Crippen molar-refractivity contribution in [3.8, 4) is 5.75 Å². The van der Waals surface area contributed by atoms with E-state index in [2.05, 4.69) is 11.9 Å². The minimum Gasteiger partial charge on any atom is -0.493 e. The van der Waals surface area contributed by atoms with Gasteiger partial charge in [-0.1, -0.05) is 57.5 Å². The van der Waals surface area contributed by atoms with Crippen LogP contribution in [0.1, 0.15) is 98.6 Å². The molecule has 12 heteroatoms. The van der Waals surface area contributed by atoms with E-state index in [-0.39, 0.29) is 48.8 Å². The summed E-state index contributed by atoms with van der Waals surface area (Å²) in [5.74, 6) is 0.211. The quantitative estimate of drug-likeness (QED) is 0.123. The maximum atomic E-state index is 13.7. The minimum atomic E-state index is -6.00. The summed E-state index contributed by atoms with van der Waals surface area (Å²) >= 11 is 0. The fraction of sp³-hybridized carbons (Fsp3) is 0.529. The number of unbranched alkanes of at least 4 members (excludes halogenated alkanes) is 1. The molecule has 2 aromatic carbocycles. The lowest BCUT2D eigenvalue weighted by atomic mass is 9.87. The van der Waals surface area contributed by atoms with Crippen molar-refractivity contribution >= 4 is 18.0 Å². The molecular weight excluding hydrogens is 614 g/mol. The van der Waals surface area contributed by atoms with Crippen molar-refractivity contribution in [3.05, 3.63) is 70.3 Å². The highest BCUT2D eigenvalue weighted by Crippen LogP contribution is 2.51. The van der Waals surface area contributed by atoms with Gasteiger partial charge in [-0.2, -0.15) is 26.3 Å². The van der Waals surface area contributed by atoms with Gasteiger partial charge in [0.1, 0.15) is 11.3 Å². The number of nitrogens with one attached hydrogen (secondary N) is 1. The molecule has 0 aromatic heterocycles. The number of halogens is 6. The summed E-state index contributed by atoms with van der Waals surface area (Å²) in [6.07, 6.45) is -6.33. The number of carbonyl (C=O) groups is 2. The first-order valence-electron chi connectivity index (χ1n) is 15.6. The molecule has 1 saturated heterocycles. The zero-order valence-electron chi connectivity index (χ0n) is 26.2. The predicted octanol–water partition coefficient (Wildman–Crippen LogP) is 8.05. The van der Waals surface area contributed by atoms with Gasteiger partial charge in [-0.25, -0.2) is 4.79 Å². The van der Waals surface area contributed by atoms with Crippen LogP contribution in [0.25, 0.3) is 6.08 Å². The lowest BCUT2D eigenvalue weighted by molar-refractivity contribution is -0.376. The molecule has 252 valence electrons. The summed E-state index contributed by atoms with van der Waals surface area (Å²) in [7, 11) is 0. The third-order valence-corrected chi connectivity index (χ3v) is 8.72. The van der Waals surface area contributed by atoms with E-state index < -0.39 is 35.1 Å². The van der Waals surface area contributed by atoms with E-state index in [1.54, 1.807) is 26.8 Å². The second-order valence-corrected chi connectivity index (χ2v) is 12.2. The van der Waals surface area contributed by atoms with Crippen molar-refractivity contribution in [3.63, 3.8) is 0 Å². The first kappa shape index (κ1) is 35.3. The number of ether oxygens (including phenoxy) is 1. The molecule has 1 unspecified atom stereocenters. The van der Waals surface area contributed by atoms with Crippen molar-refractivity contribution in [1.82, 2.24) is 10.2 Å². The number of benzene rings is 2. The van der Waals surface area contributed by atoms with E-state index >= 15 is 0 Å². The van der Waals surface area contributed by atoms with Gasteiger partial charge in [0, 0.05) is 12.1 Å². The second kappa shape index (κ2) is 13.3. The molecule has 0 bridgehead atoms. The fourth-order valence-electron chi connectivity index (χ4n) is 6.01. The van der Waals surface area contributed by atoms with Gasteiger partial charge in [-0.15, -0.1) is 0 Å². The number of aryl methyl sites for hydroxylation is 2. The lowest BCUT2D eigenvalue weighted by Crippen LogP contribution is -2.54. The highest BCUT2D eigenvalue weighted by molar-refractivity contribution is 6.07. The standard InChI is InChI=1S/C34H40F6N2O4/c1-5-10-23-18-26(32(45,33(35,36)37)34(38,39)40)19-24(11-6-2)28(23)46-17-9-8-16-42-29(43)31(4,41-30(42)44)25-15-14-21(7-3)27(20-25)22-12-13-22/h7,14-15,18-20,22,45H,3,5-6,8-13,16-17H2,1-2,4H3,(H,41,44). The number of amides is 3. The van der Waals surface area contributed by atoms with Crippen molar-refractivity contribution < 1.29 is 45.8 Å². The molecule has 0 spiro atoms. The Morgan fingerprint density at radius 1 is 1.00 bits per heavy atom. The molecule has 3 amide bonds. The molecule has 2 aromatic rings. The molecule has 0 radical (unpaired) electrons. The zero-order valence-corrected chi connectivity index (χ0v) is 26.2. The van der Waals surface area contributed by atoms with Crippen molar-refractivity contribution in [1.29, 1.82) is 0 Å². The number of rotatable bonds is 14. The Balaban J connectivity index is 1.47. The number of urea groups is 1. The number of hydrogen-bond acceptors (Lipinski definition) is 4. The number of nitrogens with zero attached hydrogens (tertiary/aromatic N) is 1.